The lowest BCUT2D eigenvalue weighted by Gasteiger charge is -2.22. The number of nitrogens with zero attached hydrogens (tertiary/aromatic N) is 1. The van der Waals surface area contributed by atoms with Gasteiger partial charge in [0.2, 0.25) is 0 Å². The maximum Gasteiger partial charge on any atom is 0.254 e. The Bertz CT molecular complexity index is 1220. The molecular formula is C24H22N2O3. The highest BCUT2D eigenvalue weighted by molar-refractivity contribution is 5.94. The number of pyridine rings is 1. The fraction of sp³-hybridized carbons (Fsp3) is 0.167. The number of rotatable bonds is 5. The largest absolute Gasteiger partial charge is 0.467 e. The molecule has 4 rings (SSSR count). The van der Waals surface area contributed by atoms with Crippen LogP contribution in [0.4, 0.5) is 0 Å². The van der Waals surface area contributed by atoms with Crippen molar-refractivity contribution < 1.29 is 9.21 Å². The fourth-order valence-electron chi connectivity index (χ4n) is 3.50. The van der Waals surface area contributed by atoms with E-state index < -0.39 is 0 Å². The summed E-state index contributed by atoms with van der Waals surface area (Å²) in [4.78, 5) is 30.5. The lowest BCUT2D eigenvalue weighted by Crippen LogP contribution is -2.32. The van der Waals surface area contributed by atoms with Gasteiger partial charge in [0.15, 0.2) is 0 Å². The van der Waals surface area contributed by atoms with Crippen molar-refractivity contribution in [1.82, 2.24) is 9.88 Å². The van der Waals surface area contributed by atoms with E-state index in [2.05, 4.69) is 4.98 Å². The zero-order valence-electron chi connectivity index (χ0n) is 16.4. The van der Waals surface area contributed by atoms with Crippen molar-refractivity contribution in [3.63, 3.8) is 0 Å². The van der Waals surface area contributed by atoms with Gasteiger partial charge in [0, 0.05) is 11.1 Å². The Kier molecular flexibility index (Phi) is 5.04. The first kappa shape index (κ1) is 18.7. The molecule has 1 N–H and O–H groups in total. The van der Waals surface area contributed by atoms with Crippen LogP contribution in [0.1, 0.15) is 32.8 Å². The van der Waals surface area contributed by atoms with E-state index in [1.165, 1.54) is 0 Å². The van der Waals surface area contributed by atoms with Gasteiger partial charge >= 0.3 is 0 Å². The van der Waals surface area contributed by atoms with Crippen LogP contribution in [0.15, 0.2) is 76.1 Å². The van der Waals surface area contributed by atoms with Crippen LogP contribution in [0.3, 0.4) is 0 Å². The van der Waals surface area contributed by atoms with E-state index in [4.69, 9.17) is 4.42 Å². The van der Waals surface area contributed by atoms with Crippen LogP contribution in [0, 0.1) is 13.8 Å². The Morgan fingerprint density at radius 3 is 2.59 bits per heavy atom. The van der Waals surface area contributed by atoms with Gasteiger partial charge in [-0.1, -0.05) is 35.9 Å². The van der Waals surface area contributed by atoms with E-state index in [0.717, 1.165) is 22.0 Å². The van der Waals surface area contributed by atoms with E-state index >= 15 is 0 Å². The molecule has 0 atom stereocenters. The lowest BCUT2D eigenvalue weighted by molar-refractivity contribution is 0.0717. The summed E-state index contributed by atoms with van der Waals surface area (Å²) in [7, 11) is 0. The van der Waals surface area contributed by atoms with E-state index in [0.29, 0.717) is 16.9 Å². The van der Waals surface area contributed by atoms with E-state index in [1.807, 2.05) is 62.4 Å². The summed E-state index contributed by atoms with van der Waals surface area (Å²) in [6, 6.07) is 18.8. The molecule has 146 valence electrons. The molecule has 0 aliphatic carbocycles. The molecule has 0 spiro atoms. The third-order valence-electron chi connectivity index (χ3n) is 5.01. The molecule has 0 unspecified atom stereocenters. The topological polar surface area (TPSA) is 66.3 Å². The number of H-pyrrole nitrogens is 1. The van der Waals surface area contributed by atoms with Crippen LogP contribution in [0.25, 0.3) is 10.9 Å². The third kappa shape index (κ3) is 3.99. The number of aryl methyl sites for hydroxylation is 2. The summed E-state index contributed by atoms with van der Waals surface area (Å²) in [6.07, 6.45) is 1.58. The molecule has 0 radical (unpaired) electrons. The molecule has 0 aliphatic rings. The third-order valence-corrected chi connectivity index (χ3v) is 5.01. The molecule has 0 aliphatic heterocycles. The molecule has 0 saturated carbocycles. The monoisotopic (exact) mass is 386 g/mol. The zero-order valence-corrected chi connectivity index (χ0v) is 16.4. The maximum absolute atomic E-state index is 13.2. The van der Waals surface area contributed by atoms with E-state index in [9.17, 15) is 9.59 Å². The van der Waals surface area contributed by atoms with E-state index in [1.54, 1.807) is 23.3 Å². The highest BCUT2D eigenvalue weighted by Crippen LogP contribution is 2.18. The van der Waals surface area contributed by atoms with Crippen LogP contribution in [0.2, 0.25) is 0 Å². The second-order valence-corrected chi connectivity index (χ2v) is 7.27. The number of aromatic amines is 1. The SMILES string of the molecule is Cc1cccc(C(=O)N(Cc2ccco2)Cc2cc3cccc(C)c3[nH]c2=O)c1. The van der Waals surface area contributed by atoms with Gasteiger partial charge in [-0.15, -0.1) is 0 Å². The van der Waals surface area contributed by atoms with Crippen molar-refractivity contribution in [1.29, 1.82) is 0 Å². The Morgan fingerprint density at radius 1 is 1.00 bits per heavy atom. The van der Waals surface area contributed by atoms with Crippen LogP contribution >= 0.6 is 0 Å². The summed E-state index contributed by atoms with van der Waals surface area (Å²) in [5.74, 6) is 0.521. The molecule has 2 heterocycles. The molecular weight excluding hydrogens is 364 g/mol. The minimum atomic E-state index is -0.187. The van der Waals surface area contributed by atoms with Gasteiger partial charge in [-0.2, -0.15) is 0 Å². The summed E-state index contributed by atoms with van der Waals surface area (Å²) >= 11 is 0. The number of nitrogens with one attached hydrogen (secondary N) is 1. The van der Waals surface area contributed by atoms with Crippen molar-refractivity contribution in [2.45, 2.75) is 26.9 Å². The van der Waals surface area contributed by atoms with Crippen molar-refractivity contribution in [3.05, 3.63) is 105 Å². The normalized spacial score (nSPS) is 11.0. The summed E-state index contributed by atoms with van der Waals surface area (Å²) in [5.41, 5.74) is 3.78. The number of hydrogen-bond acceptors (Lipinski definition) is 3. The standard InChI is InChI=1S/C24H22N2O3/c1-16-6-3-9-19(12-16)24(28)26(15-21-10-5-11-29-21)14-20-13-18-8-4-7-17(2)22(18)25-23(20)27/h3-13H,14-15H2,1-2H3,(H,25,27). The lowest BCUT2D eigenvalue weighted by atomic mass is 10.1. The molecule has 29 heavy (non-hydrogen) atoms. The molecule has 5 nitrogen and oxygen atoms in total. The molecule has 0 saturated heterocycles. The number of hydrogen-bond donors (Lipinski definition) is 1. The number of fused-ring (bicyclic) bond motifs is 1. The molecule has 1 amide bonds. The van der Waals surface area contributed by atoms with Crippen molar-refractivity contribution >= 4 is 16.8 Å². The van der Waals surface area contributed by atoms with Gasteiger partial charge < -0.3 is 14.3 Å². The predicted octanol–water partition coefficient (Wildman–Crippen LogP) is 4.58. The summed E-state index contributed by atoms with van der Waals surface area (Å²) in [6.45, 7) is 4.38. The van der Waals surface area contributed by atoms with Crippen LogP contribution < -0.4 is 5.56 Å². The number of amides is 1. The molecule has 2 aromatic heterocycles. The second kappa shape index (κ2) is 7.80. The maximum atomic E-state index is 13.2. The Morgan fingerprint density at radius 2 is 1.83 bits per heavy atom. The van der Waals surface area contributed by atoms with Crippen molar-refractivity contribution in [2.24, 2.45) is 0 Å². The first-order chi connectivity index (χ1) is 14.0. The van der Waals surface area contributed by atoms with Gasteiger partial charge in [-0.25, -0.2) is 0 Å². The minimum absolute atomic E-state index is 0.145. The number of para-hydroxylation sites is 1. The summed E-state index contributed by atoms with van der Waals surface area (Å²) in [5, 5.41) is 0.945. The molecule has 0 fully saturated rings. The quantitative estimate of drug-likeness (QED) is 0.546. The minimum Gasteiger partial charge on any atom is -0.467 e. The highest BCUT2D eigenvalue weighted by Gasteiger charge is 2.19. The molecule has 2 aromatic carbocycles. The fourth-order valence-corrected chi connectivity index (χ4v) is 3.50. The number of benzene rings is 2. The Balaban J connectivity index is 1.72. The number of furan rings is 1. The second-order valence-electron chi connectivity index (χ2n) is 7.27. The van der Waals surface area contributed by atoms with Crippen LogP contribution in [-0.4, -0.2) is 15.8 Å². The average molecular weight is 386 g/mol. The van der Waals surface area contributed by atoms with Gasteiger partial charge in [0.1, 0.15) is 5.76 Å². The Labute approximate surface area is 168 Å². The van der Waals surface area contributed by atoms with Gasteiger partial charge in [-0.3, -0.25) is 9.59 Å². The number of carbonyl (C=O) groups excluding carboxylic acids is 1. The van der Waals surface area contributed by atoms with Crippen molar-refractivity contribution in [2.75, 3.05) is 0 Å². The first-order valence-corrected chi connectivity index (χ1v) is 9.51. The van der Waals surface area contributed by atoms with Crippen molar-refractivity contribution in [3.8, 4) is 0 Å². The zero-order chi connectivity index (χ0) is 20.4. The van der Waals surface area contributed by atoms with Crippen LogP contribution in [0.5, 0.6) is 0 Å². The van der Waals surface area contributed by atoms with Gasteiger partial charge in [-0.05, 0) is 55.1 Å². The molecule has 4 aromatic rings. The first-order valence-electron chi connectivity index (χ1n) is 9.51. The van der Waals surface area contributed by atoms with E-state index in [-0.39, 0.29) is 24.6 Å². The summed E-state index contributed by atoms with van der Waals surface area (Å²) < 4.78 is 5.45. The average Bonchev–Trinajstić information content (AvgIpc) is 3.21. The van der Waals surface area contributed by atoms with Crippen LogP contribution in [-0.2, 0) is 13.1 Å². The van der Waals surface area contributed by atoms with Gasteiger partial charge in [0.25, 0.3) is 11.5 Å². The van der Waals surface area contributed by atoms with Gasteiger partial charge in [0.05, 0.1) is 24.9 Å². The molecule has 5 heteroatoms. The molecule has 0 bridgehead atoms. The number of aromatic nitrogens is 1. The Hall–Kier alpha value is -3.60. The smallest absolute Gasteiger partial charge is 0.254 e. The number of carbonyl (C=O) groups is 1. The predicted molar refractivity (Wildman–Crippen MR) is 113 cm³/mol. The highest BCUT2D eigenvalue weighted by atomic mass is 16.3.